The number of nitrogens with two attached hydrogens (primary N) is 1. The summed E-state index contributed by atoms with van der Waals surface area (Å²) in [5, 5.41) is 9.27. The maximum absolute atomic E-state index is 12.8. The molecule has 0 aliphatic heterocycles. The number of hydrogen-bond donors (Lipinski definition) is 2. The van der Waals surface area contributed by atoms with Crippen LogP contribution in [0.4, 0.5) is 5.82 Å². The van der Waals surface area contributed by atoms with E-state index in [1.807, 2.05) is 6.07 Å². The third-order valence-electron chi connectivity index (χ3n) is 5.36. The molecule has 7 nitrogen and oxygen atoms in total. The van der Waals surface area contributed by atoms with Gasteiger partial charge in [-0.15, -0.1) is 0 Å². The molecule has 3 aromatic heterocycles. The van der Waals surface area contributed by atoms with Crippen LogP contribution in [-0.4, -0.2) is 21.0 Å². The first-order valence-corrected chi connectivity index (χ1v) is 9.29. The normalized spacial score (nSPS) is 15.4. The minimum Gasteiger partial charge on any atom is -0.478 e. The summed E-state index contributed by atoms with van der Waals surface area (Å²) >= 11 is 0. The van der Waals surface area contributed by atoms with Crippen LogP contribution in [-0.2, 0) is 6.42 Å². The van der Waals surface area contributed by atoms with E-state index in [0.717, 1.165) is 24.5 Å². The monoisotopic (exact) mass is 367 g/mol. The van der Waals surface area contributed by atoms with E-state index < -0.39 is 5.97 Å². The Labute approximate surface area is 155 Å². The summed E-state index contributed by atoms with van der Waals surface area (Å²) in [6, 6.07) is 4.80. The van der Waals surface area contributed by atoms with Crippen molar-refractivity contribution in [3.05, 3.63) is 39.7 Å². The Kier molecular flexibility index (Phi) is 4.51. The van der Waals surface area contributed by atoms with Crippen LogP contribution in [0.2, 0.25) is 0 Å². The van der Waals surface area contributed by atoms with Gasteiger partial charge in [0.05, 0.1) is 5.39 Å². The lowest BCUT2D eigenvalue weighted by molar-refractivity contribution is 0.0698. The molecule has 1 aliphatic carbocycles. The highest BCUT2D eigenvalue weighted by atomic mass is 16.4. The molecule has 27 heavy (non-hydrogen) atoms. The molecule has 1 aliphatic rings. The van der Waals surface area contributed by atoms with Gasteiger partial charge >= 0.3 is 5.97 Å². The molecule has 0 atom stereocenters. The quantitative estimate of drug-likeness (QED) is 0.677. The van der Waals surface area contributed by atoms with Crippen LogP contribution in [0.3, 0.4) is 0 Å². The molecule has 140 valence electrons. The summed E-state index contributed by atoms with van der Waals surface area (Å²) in [4.78, 5) is 32.5. The number of anilines is 1. The fourth-order valence-electron chi connectivity index (χ4n) is 3.85. The van der Waals surface area contributed by atoms with Gasteiger partial charge in [0, 0.05) is 5.69 Å². The van der Waals surface area contributed by atoms with Gasteiger partial charge in [0.2, 0.25) is 11.1 Å². The number of hydrogen-bond acceptors (Lipinski definition) is 6. The zero-order valence-electron chi connectivity index (χ0n) is 14.9. The molecule has 0 saturated heterocycles. The van der Waals surface area contributed by atoms with Crippen molar-refractivity contribution in [3.63, 3.8) is 0 Å². The van der Waals surface area contributed by atoms with Crippen molar-refractivity contribution in [3.8, 4) is 0 Å². The van der Waals surface area contributed by atoms with Gasteiger partial charge in [-0.1, -0.05) is 32.1 Å². The SMILES string of the molecule is Nc1nc2oc3ccc(CCC4CCCCC4)nc3c(=O)c2cc1C(=O)O. The molecular formula is C20H21N3O4. The second-order valence-electron chi connectivity index (χ2n) is 7.20. The van der Waals surface area contributed by atoms with Gasteiger partial charge in [-0.05, 0) is 37.0 Å². The lowest BCUT2D eigenvalue weighted by atomic mass is 9.86. The van der Waals surface area contributed by atoms with E-state index >= 15 is 0 Å². The summed E-state index contributed by atoms with van der Waals surface area (Å²) in [6.07, 6.45) is 8.35. The zero-order chi connectivity index (χ0) is 19.0. The number of carbonyl (C=O) groups is 1. The molecule has 3 N–H and O–H groups in total. The number of aryl methyl sites for hydroxylation is 1. The second kappa shape index (κ2) is 6.98. The Balaban J connectivity index is 1.72. The number of fused-ring (bicyclic) bond motifs is 2. The molecule has 1 fully saturated rings. The number of pyridine rings is 2. The number of aromatic carboxylic acids is 1. The van der Waals surface area contributed by atoms with Gasteiger partial charge in [0.15, 0.2) is 11.1 Å². The molecule has 3 heterocycles. The Morgan fingerprint density at radius 2 is 2.00 bits per heavy atom. The molecule has 1 saturated carbocycles. The van der Waals surface area contributed by atoms with Crippen LogP contribution in [0.5, 0.6) is 0 Å². The predicted octanol–water partition coefficient (Wildman–Crippen LogP) is 3.53. The van der Waals surface area contributed by atoms with Gasteiger partial charge in [-0.2, -0.15) is 4.98 Å². The maximum Gasteiger partial charge on any atom is 0.339 e. The largest absolute Gasteiger partial charge is 0.478 e. The van der Waals surface area contributed by atoms with Crippen molar-refractivity contribution in [2.45, 2.75) is 44.9 Å². The standard InChI is InChI=1S/C20H21N3O4/c21-18-14(20(25)26)10-13-17(24)16-15(27-19(13)23-18)9-8-12(22-16)7-6-11-4-2-1-3-5-11/h8-11H,1-7H2,(H2,21,23)(H,25,26). The third kappa shape index (κ3) is 3.37. The fourth-order valence-corrected chi connectivity index (χ4v) is 3.85. The average molecular weight is 367 g/mol. The highest BCUT2D eigenvalue weighted by Crippen LogP contribution is 2.27. The number of aromatic nitrogens is 2. The summed E-state index contributed by atoms with van der Waals surface area (Å²) in [7, 11) is 0. The van der Waals surface area contributed by atoms with Crippen LogP contribution in [0.25, 0.3) is 22.2 Å². The Morgan fingerprint density at radius 1 is 1.22 bits per heavy atom. The van der Waals surface area contributed by atoms with Crippen molar-refractivity contribution in [1.29, 1.82) is 0 Å². The summed E-state index contributed by atoms with van der Waals surface area (Å²) in [6.45, 7) is 0. The Morgan fingerprint density at radius 3 is 2.74 bits per heavy atom. The number of nitrogen functional groups attached to an aromatic ring is 1. The molecule has 4 rings (SSSR count). The number of nitrogens with zero attached hydrogens (tertiary/aromatic N) is 2. The lowest BCUT2D eigenvalue weighted by Gasteiger charge is -2.21. The van der Waals surface area contributed by atoms with Crippen molar-refractivity contribution >= 4 is 34.0 Å². The molecule has 0 amide bonds. The van der Waals surface area contributed by atoms with E-state index in [-0.39, 0.29) is 33.4 Å². The minimum atomic E-state index is -1.24. The van der Waals surface area contributed by atoms with Crippen molar-refractivity contribution < 1.29 is 14.3 Å². The highest BCUT2D eigenvalue weighted by molar-refractivity contribution is 5.98. The van der Waals surface area contributed by atoms with Crippen LogP contribution in [0, 0.1) is 5.92 Å². The highest BCUT2D eigenvalue weighted by Gasteiger charge is 2.18. The molecule has 0 radical (unpaired) electrons. The first-order valence-electron chi connectivity index (χ1n) is 9.29. The first-order chi connectivity index (χ1) is 13.0. The molecule has 0 unspecified atom stereocenters. The smallest absolute Gasteiger partial charge is 0.339 e. The van der Waals surface area contributed by atoms with Gasteiger partial charge in [-0.3, -0.25) is 4.79 Å². The lowest BCUT2D eigenvalue weighted by Crippen LogP contribution is -2.11. The molecule has 7 heteroatoms. The summed E-state index contributed by atoms with van der Waals surface area (Å²) < 4.78 is 5.65. The average Bonchev–Trinajstić information content (AvgIpc) is 2.67. The van der Waals surface area contributed by atoms with E-state index in [1.54, 1.807) is 6.07 Å². The summed E-state index contributed by atoms with van der Waals surface area (Å²) in [5.74, 6) is -0.695. The van der Waals surface area contributed by atoms with E-state index in [9.17, 15) is 14.7 Å². The minimum absolute atomic E-state index is 0.0201. The topological polar surface area (TPSA) is 119 Å². The fraction of sp³-hybridized carbons (Fsp3) is 0.400. The summed E-state index contributed by atoms with van der Waals surface area (Å²) in [5.41, 5.74) is 6.43. The van der Waals surface area contributed by atoms with Crippen LogP contribution < -0.4 is 11.2 Å². The van der Waals surface area contributed by atoms with E-state index in [4.69, 9.17) is 10.2 Å². The second-order valence-corrected chi connectivity index (χ2v) is 7.20. The molecular weight excluding hydrogens is 346 g/mol. The predicted molar refractivity (Wildman–Crippen MR) is 102 cm³/mol. The zero-order valence-corrected chi connectivity index (χ0v) is 14.9. The van der Waals surface area contributed by atoms with E-state index in [0.29, 0.717) is 5.58 Å². The number of rotatable bonds is 4. The van der Waals surface area contributed by atoms with Crippen LogP contribution in [0.1, 0.15) is 54.6 Å². The van der Waals surface area contributed by atoms with Crippen molar-refractivity contribution in [2.75, 3.05) is 5.73 Å². The van der Waals surface area contributed by atoms with Crippen LogP contribution >= 0.6 is 0 Å². The number of carboxylic acid groups (broad SMARTS) is 1. The van der Waals surface area contributed by atoms with Crippen LogP contribution in [0.15, 0.2) is 27.4 Å². The van der Waals surface area contributed by atoms with Gasteiger partial charge in [-0.25, -0.2) is 9.78 Å². The molecule has 0 bridgehead atoms. The first kappa shape index (κ1) is 17.5. The van der Waals surface area contributed by atoms with Gasteiger partial charge < -0.3 is 15.3 Å². The molecule has 0 aromatic carbocycles. The Bertz CT molecular complexity index is 1080. The Hall–Kier alpha value is -2.96. The van der Waals surface area contributed by atoms with E-state index in [1.165, 1.54) is 38.2 Å². The van der Waals surface area contributed by atoms with Gasteiger partial charge in [0.1, 0.15) is 11.4 Å². The molecule has 0 spiro atoms. The van der Waals surface area contributed by atoms with E-state index in [2.05, 4.69) is 9.97 Å². The molecule has 3 aromatic rings. The maximum atomic E-state index is 12.8. The number of carboxylic acids is 1. The van der Waals surface area contributed by atoms with Gasteiger partial charge in [0.25, 0.3) is 0 Å². The van der Waals surface area contributed by atoms with Crippen molar-refractivity contribution in [1.82, 2.24) is 9.97 Å². The third-order valence-corrected chi connectivity index (χ3v) is 5.36. The van der Waals surface area contributed by atoms with Crippen molar-refractivity contribution in [2.24, 2.45) is 5.92 Å².